The second-order valence-electron chi connectivity index (χ2n) is 15.8. The molecule has 11 atom stereocenters. The molecule has 0 bridgehead atoms. The summed E-state index contributed by atoms with van der Waals surface area (Å²) in [5.41, 5.74) is 0.998. The van der Waals surface area contributed by atoms with Gasteiger partial charge >= 0.3 is 379 Å². The fraction of sp³-hybridized carbons (Fsp3) is 0.340. The molecule has 9 rings (SSSR count). The van der Waals surface area contributed by atoms with E-state index in [1.807, 2.05) is 36.4 Å². The first-order valence-corrected chi connectivity index (χ1v) is 22.7. The van der Waals surface area contributed by atoms with E-state index in [1.54, 1.807) is 60.7 Å². The average molecular weight is 954 g/mol. The van der Waals surface area contributed by atoms with Gasteiger partial charge in [-0.1, -0.05) is 0 Å². The van der Waals surface area contributed by atoms with Crippen LogP contribution in [0.4, 0.5) is 0 Å². The number of hydrogen-bond donors (Lipinski definition) is 0. The Hall–Kier alpha value is -6.11. The van der Waals surface area contributed by atoms with Crippen molar-refractivity contribution in [3.8, 4) is 0 Å². The van der Waals surface area contributed by atoms with E-state index in [2.05, 4.69) is 0 Å². The molecular weight excluding hydrogens is 911 g/mol. The van der Waals surface area contributed by atoms with Crippen LogP contribution in [-0.4, -0.2) is 140 Å². The molecule has 4 aromatic carbocycles. The first-order chi connectivity index (χ1) is 31.4. The van der Waals surface area contributed by atoms with Gasteiger partial charge in [0, 0.05) is 0 Å². The Bertz CT molecular complexity index is 2450. The predicted octanol–water partition coefficient (Wildman–Crippen LogP) is 2.72. The Labute approximate surface area is 378 Å². The van der Waals surface area contributed by atoms with Gasteiger partial charge in [-0.3, -0.25) is 0 Å². The SMILES string of the molecule is CC(=O)OC[C@H]1O[C@@H](O[C@H]2[C@@H]3O[C@H](c4ccccc4)OC[C@H]3O[C@@H]([Se]c3ccccc3)[C@@H]2N2C(=O)c3ccccc3C2=O)[C@H](N2C(=O)c3ccccc3C2=O)[C@@H](OC(C)=O)[C@@H]1OC(C)=O. The maximum atomic E-state index is 14.6. The monoisotopic (exact) mass is 954 g/mol. The zero-order chi connectivity index (χ0) is 45.5. The summed E-state index contributed by atoms with van der Waals surface area (Å²) in [6.07, 6.45) is -11.0. The first kappa shape index (κ1) is 44.1. The topological polar surface area (TPSA) is 200 Å². The molecule has 0 radical (unpaired) electrons. The fourth-order valence-electron chi connectivity index (χ4n) is 8.88. The summed E-state index contributed by atoms with van der Waals surface area (Å²) in [5, 5.41) is -0.935. The zero-order valence-electron chi connectivity index (χ0n) is 35.1. The molecule has 18 heteroatoms. The van der Waals surface area contributed by atoms with Gasteiger partial charge in [0.15, 0.2) is 0 Å². The van der Waals surface area contributed by atoms with Crippen molar-refractivity contribution in [1.82, 2.24) is 9.80 Å². The summed E-state index contributed by atoms with van der Waals surface area (Å²) < 4.78 is 51.5. The maximum absolute atomic E-state index is 14.6. The van der Waals surface area contributed by atoms with Crippen LogP contribution in [0.15, 0.2) is 109 Å². The minimum absolute atomic E-state index is 0.0306. The molecule has 3 saturated heterocycles. The van der Waals surface area contributed by atoms with Crippen LogP contribution in [0.2, 0.25) is 0 Å². The number of rotatable bonds is 11. The van der Waals surface area contributed by atoms with Crippen molar-refractivity contribution < 1.29 is 71.5 Å². The van der Waals surface area contributed by atoms with Crippen molar-refractivity contribution >= 4 is 61.0 Å². The molecule has 0 saturated carbocycles. The molecule has 17 nitrogen and oxygen atoms in total. The molecule has 336 valence electrons. The first-order valence-electron chi connectivity index (χ1n) is 20.8. The third-order valence-electron chi connectivity index (χ3n) is 11.6. The Morgan fingerprint density at radius 2 is 1.11 bits per heavy atom. The number of nitrogens with zero attached hydrogens (tertiary/aromatic N) is 2. The van der Waals surface area contributed by atoms with Crippen molar-refractivity contribution in [2.45, 2.75) is 87.1 Å². The van der Waals surface area contributed by atoms with Gasteiger partial charge in [-0.2, -0.15) is 0 Å². The average Bonchev–Trinajstić information content (AvgIpc) is 3.70. The van der Waals surface area contributed by atoms with Crippen molar-refractivity contribution in [3.05, 3.63) is 137 Å². The Kier molecular flexibility index (Phi) is 12.5. The van der Waals surface area contributed by atoms with E-state index in [0.29, 0.717) is 5.56 Å². The van der Waals surface area contributed by atoms with E-state index < -0.39 is 129 Å². The molecule has 4 aromatic rings. The molecule has 0 aliphatic carbocycles. The van der Waals surface area contributed by atoms with Gasteiger partial charge in [-0.05, 0) is 0 Å². The third kappa shape index (κ3) is 8.50. The van der Waals surface area contributed by atoms with Crippen LogP contribution in [0.1, 0.15) is 74.1 Å². The molecular formula is C47H42N2O15Se. The number of hydrogen-bond acceptors (Lipinski definition) is 15. The summed E-state index contributed by atoms with van der Waals surface area (Å²) >= 11 is -0.641. The van der Waals surface area contributed by atoms with Crippen molar-refractivity contribution in [1.29, 1.82) is 0 Å². The minimum atomic E-state index is -1.82. The van der Waals surface area contributed by atoms with Gasteiger partial charge < -0.3 is 0 Å². The summed E-state index contributed by atoms with van der Waals surface area (Å²) in [5.74, 6) is -5.34. The van der Waals surface area contributed by atoms with Crippen LogP contribution in [0, 0.1) is 0 Å². The van der Waals surface area contributed by atoms with E-state index in [0.717, 1.165) is 35.0 Å². The molecule has 5 aliphatic heterocycles. The van der Waals surface area contributed by atoms with Gasteiger partial charge in [0.1, 0.15) is 0 Å². The predicted molar refractivity (Wildman–Crippen MR) is 223 cm³/mol. The van der Waals surface area contributed by atoms with Crippen LogP contribution in [0.25, 0.3) is 0 Å². The number of esters is 3. The Balaban J connectivity index is 1.22. The van der Waals surface area contributed by atoms with Crippen LogP contribution < -0.4 is 4.46 Å². The zero-order valence-corrected chi connectivity index (χ0v) is 36.8. The summed E-state index contributed by atoms with van der Waals surface area (Å²) in [6, 6.07) is 27.9. The van der Waals surface area contributed by atoms with Gasteiger partial charge in [0.2, 0.25) is 0 Å². The number of benzene rings is 4. The molecule has 0 N–H and O–H groups in total. The van der Waals surface area contributed by atoms with Crippen molar-refractivity contribution in [3.63, 3.8) is 0 Å². The second-order valence-corrected chi connectivity index (χ2v) is 18.2. The van der Waals surface area contributed by atoms with Gasteiger partial charge in [-0.25, -0.2) is 0 Å². The van der Waals surface area contributed by atoms with Gasteiger partial charge in [0.05, 0.1) is 0 Å². The number of fused-ring (bicyclic) bond motifs is 3. The molecule has 5 heterocycles. The van der Waals surface area contributed by atoms with Crippen LogP contribution >= 0.6 is 0 Å². The third-order valence-corrected chi connectivity index (χ3v) is 14.0. The van der Waals surface area contributed by atoms with Crippen molar-refractivity contribution in [2.75, 3.05) is 13.2 Å². The number of imide groups is 2. The van der Waals surface area contributed by atoms with Gasteiger partial charge in [-0.15, -0.1) is 0 Å². The standard InChI is InChI=1S/C47H42N2O15Se/c1-24(50)57-22-33-37(59-25(2)51)39(60-26(3)52)35(48-41(53)29-18-10-11-19-30(29)42(48)54)46(61-33)64-40-36(49-43(55)31-20-12-13-21-32(31)44(49)56)47(65-28-16-8-5-9-17-28)62-34-23-58-45(63-38(34)40)27-14-6-4-7-15-27/h4-21,33-40,45-47H,22-23H2,1-3H3/t33-,34-,35-,36-,37-,38-,39-,40-,45-,46+,47+/m1/s1. The molecule has 5 aliphatic rings. The molecule has 3 fully saturated rings. The number of ether oxygens (including phenoxy) is 8. The quantitative estimate of drug-likeness (QED) is 0.0920. The fourth-order valence-corrected chi connectivity index (χ4v) is 11.4. The Morgan fingerprint density at radius 3 is 1.65 bits per heavy atom. The van der Waals surface area contributed by atoms with E-state index in [1.165, 1.54) is 12.1 Å². The summed E-state index contributed by atoms with van der Waals surface area (Å²) in [6.45, 7) is 2.74. The number of carbonyl (C=O) groups excluding carboxylic acids is 7. The number of carbonyl (C=O) groups is 7. The van der Waals surface area contributed by atoms with E-state index in [9.17, 15) is 33.6 Å². The van der Waals surface area contributed by atoms with Gasteiger partial charge in [0.25, 0.3) is 0 Å². The molecule has 0 spiro atoms. The molecule has 0 aromatic heterocycles. The van der Waals surface area contributed by atoms with E-state index in [4.69, 9.17) is 37.9 Å². The van der Waals surface area contributed by atoms with E-state index in [-0.39, 0.29) is 28.9 Å². The molecule has 4 amide bonds. The normalized spacial score (nSPS) is 29.4. The Morgan fingerprint density at radius 1 is 0.600 bits per heavy atom. The summed E-state index contributed by atoms with van der Waals surface area (Å²) in [4.78, 5) is 98.4. The van der Waals surface area contributed by atoms with Crippen LogP contribution in [0.5, 0.6) is 0 Å². The summed E-state index contributed by atoms with van der Waals surface area (Å²) in [7, 11) is 0. The van der Waals surface area contributed by atoms with Crippen LogP contribution in [0.3, 0.4) is 0 Å². The van der Waals surface area contributed by atoms with Crippen LogP contribution in [-0.2, 0) is 52.3 Å². The number of amides is 4. The van der Waals surface area contributed by atoms with Crippen molar-refractivity contribution in [2.24, 2.45) is 0 Å². The molecule has 65 heavy (non-hydrogen) atoms. The second kappa shape index (κ2) is 18.4. The molecule has 0 unspecified atom stereocenters. The van der Waals surface area contributed by atoms with E-state index >= 15 is 0 Å².